The molecule has 0 atom stereocenters. The van der Waals surface area contributed by atoms with Gasteiger partial charge in [0.15, 0.2) is 0 Å². The van der Waals surface area contributed by atoms with Crippen LogP contribution in [0.15, 0.2) is 0 Å². The van der Waals surface area contributed by atoms with E-state index in [1.54, 1.807) is 0 Å². The Morgan fingerprint density at radius 3 is 2.31 bits per heavy atom. The van der Waals surface area contributed by atoms with Gasteiger partial charge in [-0.25, -0.2) is 0 Å². The van der Waals surface area contributed by atoms with Crippen LogP contribution < -0.4 is 5.32 Å². The SMILES string of the molecule is CC1(NCC2(O)CCC(C(=O)O)CC2)CC1. The molecule has 0 aromatic heterocycles. The van der Waals surface area contributed by atoms with Crippen molar-refractivity contribution in [3.8, 4) is 0 Å². The van der Waals surface area contributed by atoms with Crippen LogP contribution >= 0.6 is 0 Å². The molecular weight excluding hydrogens is 206 g/mol. The quantitative estimate of drug-likeness (QED) is 0.673. The second-order valence-corrected chi connectivity index (χ2v) is 5.75. The highest BCUT2D eigenvalue weighted by molar-refractivity contribution is 5.70. The van der Waals surface area contributed by atoms with E-state index in [4.69, 9.17) is 5.11 Å². The smallest absolute Gasteiger partial charge is 0.306 e. The van der Waals surface area contributed by atoms with Gasteiger partial charge >= 0.3 is 5.97 Å². The summed E-state index contributed by atoms with van der Waals surface area (Å²) in [4.78, 5) is 10.8. The summed E-state index contributed by atoms with van der Waals surface area (Å²) in [7, 11) is 0. The van der Waals surface area contributed by atoms with Crippen molar-refractivity contribution in [3.05, 3.63) is 0 Å². The molecule has 0 aromatic carbocycles. The Morgan fingerprint density at radius 2 is 1.88 bits per heavy atom. The summed E-state index contributed by atoms with van der Waals surface area (Å²) in [5.41, 5.74) is -0.447. The van der Waals surface area contributed by atoms with Crippen LogP contribution in [0.1, 0.15) is 45.4 Å². The van der Waals surface area contributed by atoms with Crippen molar-refractivity contribution in [2.75, 3.05) is 6.54 Å². The van der Waals surface area contributed by atoms with E-state index in [9.17, 15) is 9.90 Å². The molecule has 2 saturated carbocycles. The zero-order chi connectivity index (χ0) is 11.8. The van der Waals surface area contributed by atoms with Gasteiger partial charge in [0.05, 0.1) is 11.5 Å². The van der Waals surface area contributed by atoms with Crippen LogP contribution in [-0.2, 0) is 4.79 Å². The lowest BCUT2D eigenvalue weighted by Crippen LogP contribution is -2.47. The first-order valence-corrected chi connectivity index (χ1v) is 6.13. The van der Waals surface area contributed by atoms with Gasteiger partial charge in [-0.1, -0.05) is 0 Å². The molecule has 4 nitrogen and oxygen atoms in total. The van der Waals surface area contributed by atoms with Gasteiger partial charge in [-0.3, -0.25) is 4.79 Å². The molecule has 0 aromatic rings. The zero-order valence-corrected chi connectivity index (χ0v) is 9.83. The second kappa shape index (κ2) is 4.00. The number of aliphatic carboxylic acids is 1. The fourth-order valence-electron chi connectivity index (χ4n) is 2.32. The molecule has 3 N–H and O–H groups in total. The maximum Gasteiger partial charge on any atom is 0.306 e. The summed E-state index contributed by atoms with van der Waals surface area (Å²) in [5, 5.41) is 22.6. The minimum atomic E-state index is -0.718. The molecule has 0 spiro atoms. The zero-order valence-electron chi connectivity index (χ0n) is 9.83. The van der Waals surface area contributed by atoms with E-state index in [0.29, 0.717) is 32.2 Å². The minimum Gasteiger partial charge on any atom is -0.481 e. The largest absolute Gasteiger partial charge is 0.481 e. The lowest BCUT2D eigenvalue weighted by atomic mass is 9.78. The topological polar surface area (TPSA) is 69.6 Å². The Labute approximate surface area is 96.0 Å². The molecule has 4 heteroatoms. The fourth-order valence-corrected chi connectivity index (χ4v) is 2.32. The number of rotatable bonds is 4. The predicted molar refractivity (Wildman–Crippen MR) is 60.2 cm³/mol. The maximum absolute atomic E-state index is 10.8. The third-order valence-electron chi connectivity index (χ3n) is 4.11. The van der Waals surface area contributed by atoms with Crippen LogP contribution in [-0.4, -0.2) is 33.9 Å². The lowest BCUT2D eigenvalue weighted by molar-refractivity contribution is -0.144. The van der Waals surface area contributed by atoms with E-state index in [-0.39, 0.29) is 11.5 Å². The summed E-state index contributed by atoms with van der Waals surface area (Å²) in [6, 6.07) is 0. The summed E-state index contributed by atoms with van der Waals surface area (Å²) in [6.45, 7) is 2.77. The molecule has 2 aliphatic carbocycles. The predicted octanol–water partition coefficient (Wildman–Crippen LogP) is 1.13. The number of nitrogens with one attached hydrogen (secondary N) is 1. The maximum atomic E-state index is 10.8. The van der Waals surface area contributed by atoms with E-state index in [1.807, 2.05) is 0 Å². The molecule has 92 valence electrons. The van der Waals surface area contributed by atoms with Crippen LogP contribution in [0.4, 0.5) is 0 Å². The number of β-amino-alcohol motifs (C(OH)–C–C–N with tert-alkyl or cyclic N) is 1. The standard InChI is InChI=1S/C12H21NO3/c1-11(6-7-11)13-8-12(16)4-2-9(3-5-12)10(14)15/h9,13,16H,2-8H2,1H3,(H,14,15). The summed E-state index contributed by atoms with van der Waals surface area (Å²) >= 11 is 0. The van der Waals surface area contributed by atoms with Gasteiger partial charge in [-0.2, -0.15) is 0 Å². The molecule has 16 heavy (non-hydrogen) atoms. The Balaban J connectivity index is 1.79. The molecule has 2 aliphatic rings. The molecule has 0 aliphatic heterocycles. The Hall–Kier alpha value is -0.610. The third-order valence-corrected chi connectivity index (χ3v) is 4.11. The minimum absolute atomic E-state index is 0.235. The van der Waals surface area contributed by atoms with Gasteiger partial charge in [0.2, 0.25) is 0 Å². The van der Waals surface area contributed by atoms with Crippen molar-refractivity contribution in [1.29, 1.82) is 0 Å². The molecule has 2 fully saturated rings. The van der Waals surface area contributed by atoms with Gasteiger partial charge in [-0.05, 0) is 45.4 Å². The van der Waals surface area contributed by atoms with Crippen LogP contribution in [0.3, 0.4) is 0 Å². The molecule has 0 bridgehead atoms. The van der Waals surface area contributed by atoms with E-state index in [1.165, 1.54) is 12.8 Å². The normalized spacial score (nSPS) is 37.0. The summed E-state index contributed by atoms with van der Waals surface area (Å²) in [6.07, 6.45) is 4.77. The first-order valence-electron chi connectivity index (χ1n) is 6.13. The van der Waals surface area contributed by atoms with Crippen molar-refractivity contribution in [2.45, 2.75) is 56.6 Å². The highest BCUT2D eigenvalue weighted by Gasteiger charge is 2.41. The van der Waals surface area contributed by atoms with Crippen LogP contribution in [0.5, 0.6) is 0 Å². The molecule has 0 amide bonds. The van der Waals surface area contributed by atoms with Gasteiger partial charge in [0.1, 0.15) is 0 Å². The van der Waals surface area contributed by atoms with Gasteiger partial charge in [0, 0.05) is 12.1 Å². The first-order chi connectivity index (χ1) is 7.43. The number of aliphatic hydroxyl groups is 1. The lowest BCUT2D eigenvalue weighted by Gasteiger charge is -2.35. The molecular formula is C12H21NO3. The van der Waals surface area contributed by atoms with E-state index in [2.05, 4.69) is 12.2 Å². The number of hydrogen-bond acceptors (Lipinski definition) is 3. The molecule has 0 unspecified atom stereocenters. The van der Waals surface area contributed by atoms with E-state index in [0.717, 1.165) is 0 Å². The summed E-state index contributed by atoms with van der Waals surface area (Å²) in [5.74, 6) is -0.971. The number of hydrogen-bond donors (Lipinski definition) is 3. The third kappa shape index (κ3) is 2.74. The molecule has 0 heterocycles. The van der Waals surface area contributed by atoms with Crippen molar-refractivity contribution in [2.24, 2.45) is 5.92 Å². The number of carbonyl (C=O) groups is 1. The average Bonchev–Trinajstić information content (AvgIpc) is 2.96. The highest BCUT2D eigenvalue weighted by atomic mass is 16.4. The Kier molecular flexibility index (Phi) is 2.97. The van der Waals surface area contributed by atoms with Crippen LogP contribution in [0, 0.1) is 5.92 Å². The summed E-state index contributed by atoms with van der Waals surface area (Å²) < 4.78 is 0. The Bertz CT molecular complexity index is 278. The van der Waals surface area contributed by atoms with Gasteiger partial charge in [0.25, 0.3) is 0 Å². The monoisotopic (exact) mass is 227 g/mol. The highest BCUT2D eigenvalue weighted by Crippen LogP contribution is 2.37. The average molecular weight is 227 g/mol. The van der Waals surface area contributed by atoms with Crippen molar-refractivity contribution >= 4 is 5.97 Å². The van der Waals surface area contributed by atoms with Crippen molar-refractivity contribution < 1.29 is 15.0 Å². The first kappa shape index (κ1) is 11.9. The molecule has 0 saturated heterocycles. The number of carboxylic acids is 1. The Morgan fingerprint density at radius 1 is 1.31 bits per heavy atom. The van der Waals surface area contributed by atoms with Crippen LogP contribution in [0.2, 0.25) is 0 Å². The molecule has 0 radical (unpaired) electrons. The van der Waals surface area contributed by atoms with Gasteiger partial charge in [-0.15, -0.1) is 0 Å². The van der Waals surface area contributed by atoms with E-state index >= 15 is 0 Å². The molecule has 2 rings (SSSR count). The van der Waals surface area contributed by atoms with Crippen LogP contribution in [0.25, 0.3) is 0 Å². The number of carboxylic acid groups (broad SMARTS) is 1. The van der Waals surface area contributed by atoms with Gasteiger partial charge < -0.3 is 15.5 Å². The van der Waals surface area contributed by atoms with E-state index < -0.39 is 11.6 Å². The van der Waals surface area contributed by atoms with Crippen molar-refractivity contribution in [3.63, 3.8) is 0 Å². The fraction of sp³-hybridized carbons (Fsp3) is 0.917. The second-order valence-electron chi connectivity index (χ2n) is 5.75. The van der Waals surface area contributed by atoms with Crippen molar-refractivity contribution in [1.82, 2.24) is 5.32 Å².